The Morgan fingerprint density at radius 1 is 1.56 bits per heavy atom. The highest BCUT2D eigenvalue weighted by atomic mass is 19.1. The zero-order valence-corrected chi connectivity index (χ0v) is 10.7. The maximum Gasteiger partial charge on any atom is 0.317 e. The number of hydrogen-bond acceptors (Lipinski definition) is 2. The van der Waals surface area contributed by atoms with Crippen molar-refractivity contribution in [1.82, 2.24) is 4.90 Å². The van der Waals surface area contributed by atoms with E-state index < -0.39 is 5.97 Å². The summed E-state index contributed by atoms with van der Waals surface area (Å²) in [7, 11) is 0. The first-order chi connectivity index (χ1) is 8.50. The van der Waals surface area contributed by atoms with E-state index in [-0.39, 0.29) is 24.4 Å². The van der Waals surface area contributed by atoms with Gasteiger partial charge in [-0.1, -0.05) is 12.1 Å². The van der Waals surface area contributed by atoms with E-state index in [1.807, 2.05) is 24.8 Å². The Kier molecular flexibility index (Phi) is 3.66. The first-order valence-electron chi connectivity index (χ1n) is 6.25. The molecule has 0 heterocycles. The van der Waals surface area contributed by atoms with Gasteiger partial charge in [-0.3, -0.25) is 9.69 Å². The van der Waals surface area contributed by atoms with Crippen LogP contribution < -0.4 is 0 Å². The normalized spacial score (nSPS) is 18.4. The van der Waals surface area contributed by atoms with Crippen LogP contribution in [0.5, 0.6) is 0 Å². The summed E-state index contributed by atoms with van der Waals surface area (Å²) in [5.41, 5.74) is 1.70. The average molecular weight is 251 g/mol. The van der Waals surface area contributed by atoms with Crippen LogP contribution in [0.25, 0.3) is 0 Å². The molecule has 4 heteroatoms. The number of benzene rings is 1. The highest BCUT2D eigenvalue weighted by molar-refractivity contribution is 5.69. The Bertz CT molecular complexity index is 459. The summed E-state index contributed by atoms with van der Waals surface area (Å²) < 4.78 is 13.7. The highest BCUT2D eigenvalue weighted by Gasteiger charge is 2.31. The fourth-order valence-electron chi connectivity index (χ4n) is 2.74. The van der Waals surface area contributed by atoms with Crippen LogP contribution in [0.1, 0.15) is 37.4 Å². The molecule has 1 atom stereocenters. The lowest BCUT2D eigenvalue weighted by atomic mass is 10.1. The molecule has 0 bridgehead atoms. The number of hydrogen-bond donors (Lipinski definition) is 1. The first kappa shape index (κ1) is 13.0. The minimum absolute atomic E-state index is 0.00170. The largest absolute Gasteiger partial charge is 0.480 e. The number of rotatable bonds is 4. The average Bonchev–Trinajstić information content (AvgIpc) is 2.70. The van der Waals surface area contributed by atoms with E-state index in [0.717, 1.165) is 17.5 Å². The lowest BCUT2D eigenvalue weighted by Gasteiger charge is -2.31. The van der Waals surface area contributed by atoms with Gasteiger partial charge in [0.1, 0.15) is 5.82 Å². The van der Waals surface area contributed by atoms with Crippen molar-refractivity contribution in [2.75, 3.05) is 6.54 Å². The number of aliphatic carboxylic acids is 1. The second-order valence-electron chi connectivity index (χ2n) is 5.02. The van der Waals surface area contributed by atoms with Gasteiger partial charge in [0.2, 0.25) is 0 Å². The second kappa shape index (κ2) is 5.06. The monoisotopic (exact) mass is 251 g/mol. The minimum atomic E-state index is -0.839. The highest BCUT2D eigenvalue weighted by Crippen LogP contribution is 2.37. The van der Waals surface area contributed by atoms with Gasteiger partial charge in [-0.05, 0) is 43.9 Å². The molecule has 0 fully saturated rings. The van der Waals surface area contributed by atoms with Gasteiger partial charge in [0.25, 0.3) is 0 Å². The van der Waals surface area contributed by atoms with Gasteiger partial charge < -0.3 is 5.11 Å². The van der Waals surface area contributed by atoms with Crippen LogP contribution in [0.4, 0.5) is 4.39 Å². The van der Waals surface area contributed by atoms with E-state index in [9.17, 15) is 9.18 Å². The Balaban J connectivity index is 2.30. The lowest BCUT2D eigenvalue weighted by molar-refractivity contribution is -0.139. The molecule has 1 aliphatic carbocycles. The Morgan fingerprint density at radius 3 is 2.89 bits per heavy atom. The molecule has 3 nitrogen and oxygen atoms in total. The first-order valence-corrected chi connectivity index (χ1v) is 6.25. The smallest absolute Gasteiger partial charge is 0.317 e. The molecule has 18 heavy (non-hydrogen) atoms. The van der Waals surface area contributed by atoms with Gasteiger partial charge in [-0.15, -0.1) is 0 Å². The van der Waals surface area contributed by atoms with E-state index in [1.54, 1.807) is 6.07 Å². The third-order valence-corrected chi connectivity index (χ3v) is 3.56. The predicted octanol–water partition coefficient (Wildman–Crippen LogP) is 2.61. The molecule has 0 radical (unpaired) electrons. The maximum atomic E-state index is 13.7. The van der Waals surface area contributed by atoms with Gasteiger partial charge in [-0.2, -0.15) is 0 Å². The molecule has 0 saturated heterocycles. The van der Waals surface area contributed by atoms with Crippen molar-refractivity contribution in [2.24, 2.45) is 0 Å². The molecule has 0 spiro atoms. The molecule has 0 amide bonds. The Labute approximate surface area is 106 Å². The summed E-state index contributed by atoms with van der Waals surface area (Å²) in [6.45, 7) is 3.94. The van der Waals surface area contributed by atoms with Crippen LogP contribution in [0, 0.1) is 5.82 Å². The third-order valence-electron chi connectivity index (χ3n) is 3.56. The van der Waals surface area contributed by atoms with Crippen molar-refractivity contribution >= 4 is 5.97 Å². The van der Waals surface area contributed by atoms with Gasteiger partial charge in [0.05, 0.1) is 6.54 Å². The number of carboxylic acid groups (broad SMARTS) is 1. The molecule has 2 rings (SSSR count). The van der Waals surface area contributed by atoms with Crippen molar-refractivity contribution in [3.63, 3.8) is 0 Å². The molecule has 1 aromatic carbocycles. The maximum absolute atomic E-state index is 13.7. The summed E-state index contributed by atoms with van der Waals surface area (Å²) in [6, 6.07) is 5.23. The summed E-state index contributed by atoms with van der Waals surface area (Å²) in [6.07, 6.45) is 1.48. The van der Waals surface area contributed by atoms with Gasteiger partial charge in [0, 0.05) is 12.1 Å². The van der Waals surface area contributed by atoms with Crippen molar-refractivity contribution < 1.29 is 14.3 Å². The van der Waals surface area contributed by atoms with Crippen LogP contribution in [0.2, 0.25) is 0 Å². The van der Waals surface area contributed by atoms with Gasteiger partial charge in [-0.25, -0.2) is 4.39 Å². The van der Waals surface area contributed by atoms with E-state index in [1.165, 1.54) is 6.07 Å². The van der Waals surface area contributed by atoms with Crippen molar-refractivity contribution in [3.05, 3.63) is 35.1 Å². The van der Waals surface area contributed by atoms with Crippen LogP contribution in [0.15, 0.2) is 18.2 Å². The van der Waals surface area contributed by atoms with Crippen LogP contribution >= 0.6 is 0 Å². The van der Waals surface area contributed by atoms with E-state index in [0.29, 0.717) is 6.42 Å². The minimum Gasteiger partial charge on any atom is -0.480 e. The zero-order valence-electron chi connectivity index (χ0n) is 10.7. The van der Waals surface area contributed by atoms with E-state index >= 15 is 0 Å². The number of nitrogens with zero attached hydrogens (tertiary/aromatic N) is 1. The summed E-state index contributed by atoms with van der Waals surface area (Å²) in [4.78, 5) is 12.9. The summed E-state index contributed by atoms with van der Waals surface area (Å²) in [5, 5.41) is 8.98. The molecule has 1 aromatic rings. The number of carbonyl (C=O) groups is 1. The van der Waals surface area contributed by atoms with Crippen LogP contribution in [-0.4, -0.2) is 28.6 Å². The van der Waals surface area contributed by atoms with Crippen LogP contribution in [0.3, 0.4) is 0 Å². The van der Waals surface area contributed by atoms with E-state index in [4.69, 9.17) is 5.11 Å². The second-order valence-corrected chi connectivity index (χ2v) is 5.02. The molecule has 0 saturated carbocycles. The SMILES string of the molecule is CC(C)N(CC(=O)O)C1CCc2c(F)cccc21. The standard InChI is InChI=1S/C14H18FNO2/c1-9(2)16(8-14(17)18)13-7-6-10-11(13)4-3-5-12(10)15/h3-5,9,13H,6-8H2,1-2H3,(H,17,18). The molecule has 98 valence electrons. The molecule has 1 aliphatic rings. The quantitative estimate of drug-likeness (QED) is 0.894. The van der Waals surface area contributed by atoms with Gasteiger partial charge in [0.15, 0.2) is 0 Å². The number of halogens is 1. The fourth-order valence-corrected chi connectivity index (χ4v) is 2.74. The summed E-state index contributed by atoms with van der Waals surface area (Å²) in [5.74, 6) is -1.01. The number of carboxylic acids is 1. The van der Waals surface area contributed by atoms with Crippen LogP contribution in [-0.2, 0) is 11.2 Å². The Hall–Kier alpha value is -1.42. The lowest BCUT2D eigenvalue weighted by Crippen LogP contribution is -2.38. The molecule has 0 aromatic heterocycles. The Morgan fingerprint density at radius 2 is 2.28 bits per heavy atom. The van der Waals surface area contributed by atoms with Crippen molar-refractivity contribution in [1.29, 1.82) is 0 Å². The molecular formula is C14H18FNO2. The topological polar surface area (TPSA) is 40.5 Å². The summed E-state index contributed by atoms with van der Waals surface area (Å²) >= 11 is 0. The zero-order chi connectivity index (χ0) is 13.3. The fraction of sp³-hybridized carbons (Fsp3) is 0.500. The van der Waals surface area contributed by atoms with Crippen molar-refractivity contribution in [3.8, 4) is 0 Å². The molecular weight excluding hydrogens is 233 g/mol. The number of fused-ring (bicyclic) bond motifs is 1. The molecule has 0 aliphatic heterocycles. The predicted molar refractivity (Wildman–Crippen MR) is 66.9 cm³/mol. The van der Waals surface area contributed by atoms with Crippen molar-refractivity contribution in [2.45, 2.75) is 38.8 Å². The third kappa shape index (κ3) is 2.38. The van der Waals surface area contributed by atoms with Gasteiger partial charge >= 0.3 is 5.97 Å². The molecule has 1 N–H and O–H groups in total. The van der Waals surface area contributed by atoms with E-state index in [2.05, 4.69) is 0 Å². The molecule has 1 unspecified atom stereocenters.